The number of nitrogens with zero attached hydrogens (tertiary/aromatic N) is 1. The molecule has 2 unspecified atom stereocenters. The summed E-state index contributed by atoms with van der Waals surface area (Å²) in [7, 11) is 1.67. The number of piperidine rings is 1. The van der Waals surface area contributed by atoms with Crippen LogP contribution in [0, 0.1) is 5.92 Å². The maximum Gasteiger partial charge on any atom is 0.317 e. The highest BCUT2D eigenvalue weighted by molar-refractivity contribution is 5.77. The molecule has 2 amide bonds. The molecule has 7 nitrogen and oxygen atoms in total. The van der Waals surface area contributed by atoms with Crippen molar-refractivity contribution in [3.63, 3.8) is 0 Å². The smallest absolute Gasteiger partial charge is 0.317 e. The lowest BCUT2D eigenvalue weighted by molar-refractivity contribution is -0.142. The fourth-order valence-electron chi connectivity index (χ4n) is 2.48. The van der Waals surface area contributed by atoms with Gasteiger partial charge in [-0.3, -0.25) is 4.79 Å². The summed E-state index contributed by atoms with van der Waals surface area (Å²) in [6.07, 6.45) is 1.84. The van der Waals surface area contributed by atoms with Gasteiger partial charge < -0.3 is 24.8 Å². The summed E-state index contributed by atoms with van der Waals surface area (Å²) in [4.78, 5) is 24.7. The van der Waals surface area contributed by atoms with E-state index in [4.69, 9.17) is 14.6 Å². The zero-order valence-electron chi connectivity index (χ0n) is 11.0. The summed E-state index contributed by atoms with van der Waals surface area (Å²) in [6, 6.07) is -0.651. The molecule has 0 aliphatic carbocycles. The second kappa shape index (κ2) is 6.21. The predicted octanol–water partition coefficient (Wildman–Crippen LogP) is -0.0936. The molecule has 7 heteroatoms. The van der Waals surface area contributed by atoms with Crippen molar-refractivity contribution in [3.05, 3.63) is 0 Å². The van der Waals surface area contributed by atoms with Crippen LogP contribution in [0.2, 0.25) is 0 Å². The first kappa shape index (κ1) is 14.1. The average Bonchev–Trinajstić information content (AvgIpc) is 2.87. The van der Waals surface area contributed by atoms with Crippen molar-refractivity contribution in [1.29, 1.82) is 0 Å². The fraction of sp³-hybridized carbons (Fsp3) is 0.833. The van der Waals surface area contributed by atoms with E-state index in [1.807, 2.05) is 0 Å². The number of nitrogens with one attached hydrogen (secondary N) is 1. The molecule has 19 heavy (non-hydrogen) atoms. The predicted molar refractivity (Wildman–Crippen MR) is 65.9 cm³/mol. The number of aliphatic carboxylic acids is 1. The first-order chi connectivity index (χ1) is 9.11. The van der Waals surface area contributed by atoms with E-state index < -0.39 is 17.9 Å². The Bertz CT molecular complexity index is 341. The Morgan fingerprint density at radius 1 is 1.32 bits per heavy atom. The van der Waals surface area contributed by atoms with Crippen molar-refractivity contribution in [1.82, 2.24) is 10.2 Å². The second-order valence-electron chi connectivity index (χ2n) is 4.96. The maximum absolute atomic E-state index is 12.0. The van der Waals surface area contributed by atoms with Crippen LogP contribution in [0.1, 0.15) is 12.8 Å². The number of hydrogen-bond acceptors (Lipinski definition) is 4. The van der Waals surface area contributed by atoms with E-state index >= 15 is 0 Å². The van der Waals surface area contributed by atoms with Crippen molar-refractivity contribution in [2.45, 2.75) is 25.0 Å². The topological polar surface area (TPSA) is 88.1 Å². The third-order valence-electron chi connectivity index (χ3n) is 3.77. The third kappa shape index (κ3) is 3.36. The number of likely N-dealkylation sites (tertiary alicyclic amines) is 1. The zero-order chi connectivity index (χ0) is 13.8. The summed E-state index contributed by atoms with van der Waals surface area (Å²) >= 11 is 0. The standard InChI is InChI=1S/C12H20N2O5/c1-18-8-2-4-14(5-3-8)12(17)13-10-7-19-6-9(10)11(15)16/h8-10H,2-7H2,1H3,(H,13,17)(H,15,16). The summed E-state index contributed by atoms with van der Waals surface area (Å²) in [5.74, 6) is -1.58. The minimum atomic E-state index is -0.930. The van der Waals surface area contributed by atoms with Gasteiger partial charge in [0.15, 0.2) is 0 Å². The van der Waals surface area contributed by atoms with Gasteiger partial charge in [0.05, 0.1) is 25.4 Å². The van der Waals surface area contributed by atoms with Gasteiger partial charge >= 0.3 is 12.0 Å². The SMILES string of the molecule is COC1CCN(C(=O)NC2COCC2C(=O)O)CC1. The molecular weight excluding hydrogens is 252 g/mol. The molecule has 0 bridgehead atoms. The summed E-state index contributed by atoms with van der Waals surface area (Å²) < 4.78 is 10.4. The summed E-state index contributed by atoms with van der Waals surface area (Å²) in [5, 5.41) is 11.8. The highest BCUT2D eigenvalue weighted by Crippen LogP contribution is 2.16. The number of carboxylic acids is 1. The molecule has 108 valence electrons. The van der Waals surface area contributed by atoms with Crippen molar-refractivity contribution in [2.24, 2.45) is 5.92 Å². The maximum atomic E-state index is 12.0. The molecule has 0 radical (unpaired) electrons. The molecule has 2 saturated heterocycles. The fourth-order valence-corrected chi connectivity index (χ4v) is 2.48. The number of methoxy groups -OCH3 is 1. The van der Waals surface area contributed by atoms with Crippen LogP contribution in [0.4, 0.5) is 4.79 Å². The van der Waals surface area contributed by atoms with Gasteiger partial charge in [0.25, 0.3) is 0 Å². The number of carbonyl (C=O) groups is 2. The molecule has 2 rings (SSSR count). The first-order valence-corrected chi connectivity index (χ1v) is 6.50. The Kier molecular flexibility index (Phi) is 4.60. The van der Waals surface area contributed by atoms with Crippen LogP contribution >= 0.6 is 0 Å². The van der Waals surface area contributed by atoms with E-state index in [-0.39, 0.29) is 25.3 Å². The highest BCUT2D eigenvalue weighted by atomic mass is 16.5. The van der Waals surface area contributed by atoms with E-state index in [2.05, 4.69) is 5.32 Å². The molecule has 0 aromatic heterocycles. The number of carbonyl (C=O) groups excluding carboxylic acids is 1. The quantitative estimate of drug-likeness (QED) is 0.749. The van der Waals surface area contributed by atoms with E-state index in [1.165, 1.54) is 0 Å². The number of ether oxygens (including phenoxy) is 2. The van der Waals surface area contributed by atoms with E-state index in [1.54, 1.807) is 12.0 Å². The van der Waals surface area contributed by atoms with Gasteiger partial charge in [0.2, 0.25) is 0 Å². The third-order valence-corrected chi connectivity index (χ3v) is 3.77. The molecule has 0 saturated carbocycles. The molecule has 2 fully saturated rings. The van der Waals surface area contributed by atoms with Crippen molar-refractivity contribution < 1.29 is 24.2 Å². The largest absolute Gasteiger partial charge is 0.481 e. The highest BCUT2D eigenvalue weighted by Gasteiger charge is 2.36. The Labute approximate surface area is 111 Å². The molecular formula is C12H20N2O5. The first-order valence-electron chi connectivity index (χ1n) is 6.50. The molecule has 2 aliphatic rings. The molecule has 0 aromatic carbocycles. The number of rotatable bonds is 3. The van der Waals surface area contributed by atoms with Gasteiger partial charge in [-0.1, -0.05) is 0 Å². The molecule has 2 N–H and O–H groups in total. The van der Waals surface area contributed by atoms with Crippen LogP contribution in [-0.2, 0) is 14.3 Å². The van der Waals surface area contributed by atoms with Gasteiger partial charge in [-0.2, -0.15) is 0 Å². The molecule has 2 heterocycles. The van der Waals surface area contributed by atoms with Gasteiger partial charge in [0.1, 0.15) is 5.92 Å². The van der Waals surface area contributed by atoms with Crippen molar-refractivity contribution in [3.8, 4) is 0 Å². The van der Waals surface area contributed by atoms with Crippen LogP contribution in [0.3, 0.4) is 0 Å². The lowest BCUT2D eigenvalue weighted by Gasteiger charge is -2.32. The van der Waals surface area contributed by atoms with Gasteiger partial charge in [0, 0.05) is 20.2 Å². The number of hydrogen-bond donors (Lipinski definition) is 2. The molecule has 0 aromatic rings. The Morgan fingerprint density at radius 2 is 2.00 bits per heavy atom. The Morgan fingerprint density at radius 3 is 2.58 bits per heavy atom. The monoisotopic (exact) mass is 272 g/mol. The molecule has 2 atom stereocenters. The minimum Gasteiger partial charge on any atom is -0.481 e. The van der Waals surface area contributed by atoms with Crippen LogP contribution in [-0.4, -0.2) is 67.6 Å². The van der Waals surface area contributed by atoms with Crippen LogP contribution < -0.4 is 5.32 Å². The van der Waals surface area contributed by atoms with Crippen LogP contribution in [0.25, 0.3) is 0 Å². The second-order valence-corrected chi connectivity index (χ2v) is 4.96. The Balaban J connectivity index is 1.82. The lowest BCUT2D eigenvalue weighted by Crippen LogP contribution is -2.51. The van der Waals surface area contributed by atoms with Crippen molar-refractivity contribution >= 4 is 12.0 Å². The number of carboxylic acid groups (broad SMARTS) is 1. The van der Waals surface area contributed by atoms with E-state index in [0.29, 0.717) is 13.1 Å². The van der Waals surface area contributed by atoms with Gasteiger partial charge in [-0.25, -0.2) is 4.79 Å². The number of urea groups is 1. The zero-order valence-corrected chi connectivity index (χ0v) is 11.0. The Hall–Kier alpha value is -1.34. The average molecular weight is 272 g/mol. The van der Waals surface area contributed by atoms with Crippen LogP contribution in [0.5, 0.6) is 0 Å². The van der Waals surface area contributed by atoms with Gasteiger partial charge in [-0.15, -0.1) is 0 Å². The number of amides is 2. The molecule has 2 aliphatic heterocycles. The summed E-state index contributed by atoms with van der Waals surface area (Å²) in [6.45, 7) is 1.69. The van der Waals surface area contributed by atoms with Gasteiger partial charge in [-0.05, 0) is 12.8 Å². The van der Waals surface area contributed by atoms with Crippen molar-refractivity contribution in [2.75, 3.05) is 33.4 Å². The van der Waals surface area contributed by atoms with E-state index in [9.17, 15) is 9.59 Å². The normalized spacial score (nSPS) is 28.4. The minimum absolute atomic E-state index is 0.159. The van der Waals surface area contributed by atoms with Crippen LogP contribution in [0.15, 0.2) is 0 Å². The summed E-state index contributed by atoms with van der Waals surface area (Å²) in [5.41, 5.74) is 0. The molecule has 0 spiro atoms. The lowest BCUT2D eigenvalue weighted by atomic mass is 10.0. The van der Waals surface area contributed by atoms with E-state index in [0.717, 1.165) is 12.8 Å².